The SMILES string of the molecule is BrCC1CCN(CCc2ccccc2)C1. The molecule has 1 aromatic rings. The first-order chi connectivity index (χ1) is 7.38. The maximum Gasteiger partial charge on any atom is 0.00723 e. The van der Waals surface area contributed by atoms with Crippen LogP contribution < -0.4 is 0 Å². The van der Waals surface area contributed by atoms with Crippen LogP contribution in [0.5, 0.6) is 0 Å². The first-order valence-electron chi connectivity index (χ1n) is 5.70. The van der Waals surface area contributed by atoms with Crippen LogP contribution in [0.15, 0.2) is 30.3 Å². The maximum atomic E-state index is 3.57. The minimum Gasteiger partial charge on any atom is -0.303 e. The fourth-order valence-electron chi connectivity index (χ4n) is 2.17. The van der Waals surface area contributed by atoms with Crippen LogP contribution in [0.4, 0.5) is 0 Å². The van der Waals surface area contributed by atoms with Crippen molar-refractivity contribution in [1.82, 2.24) is 4.90 Å². The van der Waals surface area contributed by atoms with Crippen LogP contribution in [-0.2, 0) is 6.42 Å². The van der Waals surface area contributed by atoms with Gasteiger partial charge in [-0.3, -0.25) is 0 Å². The minimum atomic E-state index is 0.876. The molecule has 0 spiro atoms. The van der Waals surface area contributed by atoms with E-state index in [1.54, 1.807) is 0 Å². The van der Waals surface area contributed by atoms with Crippen molar-refractivity contribution in [1.29, 1.82) is 0 Å². The molecule has 0 bridgehead atoms. The Kier molecular flexibility index (Phi) is 4.21. The van der Waals surface area contributed by atoms with Crippen LogP contribution in [0, 0.1) is 5.92 Å². The molecule has 1 atom stereocenters. The van der Waals surface area contributed by atoms with E-state index in [9.17, 15) is 0 Å². The van der Waals surface area contributed by atoms with E-state index in [0.717, 1.165) is 11.2 Å². The lowest BCUT2D eigenvalue weighted by Crippen LogP contribution is -2.23. The maximum absolute atomic E-state index is 3.57. The number of hydrogen-bond acceptors (Lipinski definition) is 1. The number of hydrogen-bond donors (Lipinski definition) is 0. The Morgan fingerprint density at radius 1 is 1.27 bits per heavy atom. The van der Waals surface area contributed by atoms with Gasteiger partial charge in [0.1, 0.15) is 0 Å². The molecule has 1 fully saturated rings. The molecule has 1 unspecified atom stereocenters. The molecule has 1 nitrogen and oxygen atoms in total. The highest BCUT2D eigenvalue weighted by atomic mass is 79.9. The van der Waals surface area contributed by atoms with Crippen molar-refractivity contribution in [2.45, 2.75) is 12.8 Å². The normalized spacial score (nSPS) is 22.1. The summed E-state index contributed by atoms with van der Waals surface area (Å²) in [6.07, 6.45) is 2.55. The summed E-state index contributed by atoms with van der Waals surface area (Å²) >= 11 is 3.57. The van der Waals surface area contributed by atoms with E-state index in [0.29, 0.717) is 0 Å². The van der Waals surface area contributed by atoms with Gasteiger partial charge in [-0.1, -0.05) is 46.3 Å². The molecule has 1 saturated heterocycles. The number of rotatable bonds is 4. The number of likely N-dealkylation sites (tertiary alicyclic amines) is 1. The average molecular weight is 268 g/mol. The zero-order chi connectivity index (χ0) is 10.5. The highest BCUT2D eigenvalue weighted by Crippen LogP contribution is 2.18. The van der Waals surface area contributed by atoms with E-state index >= 15 is 0 Å². The smallest absolute Gasteiger partial charge is 0.00723 e. The molecule has 0 aromatic heterocycles. The summed E-state index contributed by atoms with van der Waals surface area (Å²) in [5.74, 6) is 0.876. The van der Waals surface area contributed by atoms with Gasteiger partial charge >= 0.3 is 0 Å². The van der Waals surface area contributed by atoms with Gasteiger partial charge in [-0.2, -0.15) is 0 Å². The Morgan fingerprint density at radius 2 is 2.07 bits per heavy atom. The summed E-state index contributed by atoms with van der Waals surface area (Å²) in [7, 11) is 0. The number of halogens is 1. The molecule has 82 valence electrons. The lowest BCUT2D eigenvalue weighted by Gasteiger charge is -2.15. The van der Waals surface area contributed by atoms with Crippen molar-refractivity contribution >= 4 is 15.9 Å². The second-order valence-electron chi connectivity index (χ2n) is 4.35. The van der Waals surface area contributed by atoms with E-state index in [2.05, 4.69) is 51.2 Å². The highest BCUT2D eigenvalue weighted by molar-refractivity contribution is 9.09. The van der Waals surface area contributed by atoms with Crippen molar-refractivity contribution in [3.05, 3.63) is 35.9 Å². The molecular formula is C13H18BrN. The van der Waals surface area contributed by atoms with Gasteiger partial charge in [0.2, 0.25) is 0 Å². The van der Waals surface area contributed by atoms with Gasteiger partial charge in [-0.25, -0.2) is 0 Å². The van der Waals surface area contributed by atoms with Gasteiger partial charge in [0.25, 0.3) is 0 Å². The Balaban J connectivity index is 1.75. The molecule has 0 N–H and O–H groups in total. The molecule has 0 amide bonds. The summed E-state index contributed by atoms with van der Waals surface area (Å²) in [4.78, 5) is 2.58. The van der Waals surface area contributed by atoms with Gasteiger partial charge in [0.15, 0.2) is 0 Å². The van der Waals surface area contributed by atoms with E-state index in [-0.39, 0.29) is 0 Å². The van der Waals surface area contributed by atoms with Crippen molar-refractivity contribution < 1.29 is 0 Å². The first-order valence-corrected chi connectivity index (χ1v) is 6.83. The quantitative estimate of drug-likeness (QED) is 0.759. The first kappa shape index (κ1) is 11.2. The Bertz CT molecular complexity index is 286. The lowest BCUT2D eigenvalue weighted by molar-refractivity contribution is 0.333. The van der Waals surface area contributed by atoms with E-state index in [1.807, 2.05) is 0 Å². The predicted octanol–water partition coefficient (Wildman–Crippen LogP) is 2.95. The minimum absolute atomic E-state index is 0.876. The summed E-state index contributed by atoms with van der Waals surface area (Å²) in [5.41, 5.74) is 1.46. The molecule has 0 aliphatic carbocycles. The van der Waals surface area contributed by atoms with Gasteiger partial charge in [-0.15, -0.1) is 0 Å². The zero-order valence-electron chi connectivity index (χ0n) is 9.03. The molecule has 2 heteroatoms. The van der Waals surface area contributed by atoms with Crippen molar-refractivity contribution in [2.75, 3.05) is 25.0 Å². The lowest BCUT2D eigenvalue weighted by atomic mass is 10.1. The molecule has 1 aliphatic rings. The standard InChI is InChI=1S/C13H18BrN/c14-10-13-7-9-15(11-13)8-6-12-4-2-1-3-5-12/h1-5,13H,6-11H2. The number of alkyl halides is 1. The molecule has 2 rings (SSSR count). The topological polar surface area (TPSA) is 3.24 Å². The number of nitrogens with zero attached hydrogens (tertiary/aromatic N) is 1. The molecule has 15 heavy (non-hydrogen) atoms. The molecule has 1 aliphatic heterocycles. The Hall–Kier alpha value is -0.340. The average Bonchev–Trinajstić information content (AvgIpc) is 2.76. The third-order valence-electron chi connectivity index (χ3n) is 3.15. The van der Waals surface area contributed by atoms with Gasteiger partial charge in [0, 0.05) is 18.4 Å². The Morgan fingerprint density at radius 3 is 2.73 bits per heavy atom. The van der Waals surface area contributed by atoms with E-state index in [4.69, 9.17) is 0 Å². The summed E-state index contributed by atoms with van der Waals surface area (Å²) < 4.78 is 0. The highest BCUT2D eigenvalue weighted by Gasteiger charge is 2.20. The van der Waals surface area contributed by atoms with Crippen LogP contribution in [0.25, 0.3) is 0 Å². The summed E-state index contributed by atoms with van der Waals surface area (Å²) in [6.45, 7) is 3.77. The largest absolute Gasteiger partial charge is 0.303 e. The van der Waals surface area contributed by atoms with Gasteiger partial charge in [-0.05, 0) is 30.9 Å². The van der Waals surface area contributed by atoms with Crippen molar-refractivity contribution in [3.8, 4) is 0 Å². The molecule has 0 saturated carbocycles. The van der Waals surface area contributed by atoms with E-state index in [1.165, 1.54) is 38.0 Å². The summed E-state index contributed by atoms with van der Waals surface area (Å²) in [6, 6.07) is 10.8. The predicted molar refractivity (Wildman–Crippen MR) is 68.5 cm³/mol. The van der Waals surface area contributed by atoms with Gasteiger partial charge < -0.3 is 4.90 Å². The van der Waals surface area contributed by atoms with Crippen LogP contribution in [-0.4, -0.2) is 29.9 Å². The van der Waals surface area contributed by atoms with Crippen LogP contribution in [0.2, 0.25) is 0 Å². The molecule has 1 aromatic carbocycles. The third kappa shape index (κ3) is 3.32. The monoisotopic (exact) mass is 267 g/mol. The zero-order valence-corrected chi connectivity index (χ0v) is 10.6. The third-order valence-corrected chi connectivity index (χ3v) is 4.06. The van der Waals surface area contributed by atoms with Gasteiger partial charge in [0.05, 0.1) is 0 Å². The van der Waals surface area contributed by atoms with Crippen LogP contribution in [0.3, 0.4) is 0 Å². The summed E-state index contributed by atoms with van der Waals surface area (Å²) in [5, 5.41) is 1.16. The fourth-order valence-corrected chi connectivity index (χ4v) is 2.70. The molecule has 1 heterocycles. The second-order valence-corrected chi connectivity index (χ2v) is 4.99. The number of benzene rings is 1. The molecule has 0 radical (unpaired) electrons. The second kappa shape index (κ2) is 5.66. The molecular weight excluding hydrogens is 250 g/mol. The van der Waals surface area contributed by atoms with Crippen LogP contribution in [0.1, 0.15) is 12.0 Å². The van der Waals surface area contributed by atoms with Crippen LogP contribution >= 0.6 is 15.9 Å². The van der Waals surface area contributed by atoms with Crippen molar-refractivity contribution in [3.63, 3.8) is 0 Å². The van der Waals surface area contributed by atoms with Crippen molar-refractivity contribution in [2.24, 2.45) is 5.92 Å². The van der Waals surface area contributed by atoms with E-state index < -0.39 is 0 Å². The fraction of sp³-hybridized carbons (Fsp3) is 0.538. The Labute approximate surface area is 101 Å².